The minimum absolute atomic E-state index is 0.0206. The van der Waals surface area contributed by atoms with E-state index >= 15 is 0 Å². The van der Waals surface area contributed by atoms with Crippen LogP contribution in [0.15, 0.2) is 24.5 Å². The average Bonchev–Trinajstić information content (AvgIpc) is 3.17. The van der Waals surface area contributed by atoms with Gasteiger partial charge in [0.2, 0.25) is 0 Å². The van der Waals surface area contributed by atoms with Gasteiger partial charge in [0.15, 0.2) is 11.5 Å². The lowest BCUT2D eigenvalue weighted by Crippen LogP contribution is -2.51. The van der Waals surface area contributed by atoms with Gasteiger partial charge >= 0.3 is 5.97 Å². The highest BCUT2D eigenvalue weighted by atomic mass is 19.1. The molecule has 0 amide bonds. The number of nitrogens with zero attached hydrogens (tertiary/aromatic N) is 4. The number of anilines is 1. The molecule has 0 unspecified atom stereocenters. The normalized spacial score (nSPS) is 25.9. The molecule has 8 nitrogen and oxygen atoms in total. The second kappa shape index (κ2) is 7.06. The van der Waals surface area contributed by atoms with Gasteiger partial charge in [0.1, 0.15) is 17.3 Å². The Balaban J connectivity index is 1.46. The average molecular weight is 396 g/mol. The number of rotatable bonds is 4. The molecule has 2 bridgehead atoms. The van der Waals surface area contributed by atoms with Crippen molar-refractivity contribution < 1.29 is 13.9 Å². The van der Waals surface area contributed by atoms with E-state index in [0.717, 1.165) is 31.9 Å². The van der Waals surface area contributed by atoms with Crippen molar-refractivity contribution in [1.82, 2.24) is 25.1 Å². The molecule has 3 saturated carbocycles. The molecular weight excluding hydrogens is 375 g/mol. The van der Waals surface area contributed by atoms with Crippen LogP contribution < -0.4 is 5.32 Å². The standard InChI is InChI=1S/C20H21FN6O2/c1-29-20(28)15-10-2-4-11(5-3-10)16(15)24-14-6-7-22-19(25-14)17-13-8-12(21)9-23-18(13)27-26-17/h6-11,15-16H,2-5H2,1H3,(H,22,24,25)(H,23,26,27)/t10?,11?,15-,16-/m0/s1. The molecule has 0 aliphatic heterocycles. The first-order valence-electron chi connectivity index (χ1n) is 9.81. The van der Waals surface area contributed by atoms with Crippen LogP contribution in [-0.2, 0) is 9.53 Å². The highest BCUT2D eigenvalue weighted by Crippen LogP contribution is 2.46. The summed E-state index contributed by atoms with van der Waals surface area (Å²) in [5.74, 6) is 0.948. The predicted octanol–water partition coefficient (Wildman–Crippen LogP) is 2.94. The molecule has 29 heavy (non-hydrogen) atoms. The maximum absolute atomic E-state index is 13.6. The van der Waals surface area contributed by atoms with Crippen LogP contribution in [0.5, 0.6) is 0 Å². The molecule has 3 heterocycles. The molecule has 150 valence electrons. The third-order valence-electron chi connectivity index (χ3n) is 6.26. The Bertz CT molecular complexity index is 1060. The minimum Gasteiger partial charge on any atom is -0.469 e. The monoisotopic (exact) mass is 396 g/mol. The molecule has 3 aliphatic carbocycles. The van der Waals surface area contributed by atoms with Crippen LogP contribution in [-0.4, -0.2) is 44.3 Å². The second-order valence-electron chi connectivity index (χ2n) is 7.78. The fraction of sp³-hybridized carbons (Fsp3) is 0.450. The molecule has 3 aromatic rings. The second-order valence-corrected chi connectivity index (χ2v) is 7.78. The quantitative estimate of drug-likeness (QED) is 0.653. The number of H-pyrrole nitrogens is 1. The van der Waals surface area contributed by atoms with Gasteiger partial charge in [-0.15, -0.1) is 0 Å². The zero-order chi connectivity index (χ0) is 20.0. The third kappa shape index (κ3) is 3.10. The van der Waals surface area contributed by atoms with E-state index in [1.165, 1.54) is 13.2 Å². The number of aromatic nitrogens is 5. The van der Waals surface area contributed by atoms with Gasteiger partial charge in [-0.1, -0.05) is 0 Å². The molecule has 0 spiro atoms. The first kappa shape index (κ1) is 18.0. The first-order valence-corrected chi connectivity index (χ1v) is 9.81. The van der Waals surface area contributed by atoms with Crippen molar-refractivity contribution in [3.63, 3.8) is 0 Å². The molecule has 9 heteroatoms. The van der Waals surface area contributed by atoms with Crippen molar-refractivity contribution in [3.05, 3.63) is 30.3 Å². The number of ether oxygens (including phenoxy) is 1. The number of aromatic amines is 1. The summed E-state index contributed by atoms with van der Waals surface area (Å²) in [5.41, 5.74) is 0.907. The molecule has 2 N–H and O–H groups in total. The van der Waals surface area contributed by atoms with Crippen LogP contribution in [0, 0.1) is 23.6 Å². The molecule has 0 aromatic carbocycles. The molecule has 6 rings (SSSR count). The topological polar surface area (TPSA) is 106 Å². The fourth-order valence-corrected chi connectivity index (χ4v) is 4.90. The number of hydrogen-bond donors (Lipinski definition) is 2. The first-order chi connectivity index (χ1) is 14.1. The van der Waals surface area contributed by atoms with Gasteiger partial charge < -0.3 is 10.1 Å². The Kier molecular flexibility index (Phi) is 4.37. The van der Waals surface area contributed by atoms with E-state index in [9.17, 15) is 9.18 Å². The fourth-order valence-electron chi connectivity index (χ4n) is 4.90. The Morgan fingerprint density at radius 2 is 2.03 bits per heavy atom. The zero-order valence-electron chi connectivity index (χ0n) is 15.9. The molecule has 3 aliphatic rings. The number of pyridine rings is 1. The highest BCUT2D eigenvalue weighted by molar-refractivity contribution is 5.88. The Hall–Kier alpha value is -3.10. The van der Waals surface area contributed by atoms with Crippen LogP contribution in [0.4, 0.5) is 10.2 Å². The molecular formula is C20H21FN6O2. The molecule has 2 atom stereocenters. The minimum atomic E-state index is -0.450. The van der Waals surface area contributed by atoms with E-state index in [4.69, 9.17) is 4.74 Å². The lowest BCUT2D eigenvalue weighted by molar-refractivity contribution is -0.152. The smallest absolute Gasteiger partial charge is 0.311 e. The van der Waals surface area contributed by atoms with E-state index in [2.05, 4.69) is 30.5 Å². The number of halogens is 1. The van der Waals surface area contributed by atoms with Crippen molar-refractivity contribution in [1.29, 1.82) is 0 Å². The van der Waals surface area contributed by atoms with Gasteiger partial charge in [0, 0.05) is 12.2 Å². The van der Waals surface area contributed by atoms with Gasteiger partial charge in [0.05, 0.1) is 24.6 Å². The summed E-state index contributed by atoms with van der Waals surface area (Å²) < 4.78 is 18.7. The summed E-state index contributed by atoms with van der Waals surface area (Å²) in [7, 11) is 1.44. The third-order valence-corrected chi connectivity index (χ3v) is 6.26. The van der Waals surface area contributed by atoms with Gasteiger partial charge in [-0.2, -0.15) is 5.10 Å². The van der Waals surface area contributed by atoms with Gasteiger partial charge in [-0.3, -0.25) is 9.89 Å². The molecule has 3 aromatic heterocycles. The molecule has 0 radical (unpaired) electrons. The van der Waals surface area contributed by atoms with Gasteiger partial charge in [-0.25, -0.2) is 19.3 Å². The van der Waals surface area contributed by atoms with Crippen LogP contribution in [0.2, 0.25) is 0 Å². The Morgan fingerprint density at radius 3 is 2.83 bits per heavy atom. The van der Waals surface area contributed by atoms with Crippen molar-refractivity contribution in [3.8, 4) is 11.5 Å². The zero-order valence-corrected chi connectivity index (χ0v) is 15.9. The lowest BCUT2D eigenvalue weighted by Gasteiger charge is -2.47. The number of carbonyl (C=O) groups is 1. The number of nitrogens with one attached hydrogen (secondary N) is 2. The molecule has 0 saturated heterocycles. The Morgan fingerprint density at radius 1 is 1.24 bits per heavy atom. The highest BCUT2D eigenvalue weighted by Gasteiger charge is 2.47. The number of esters is 1. The van der Waals surface area contributed by atoms with Crippen LogP contribution in [0.3, 0.4) is 0 Å². The van der Waals surface area contributed by atoms with Crippen molar-refractivity contribution in [2.24, 2.45) is 17.8 Å². The maximum Gasteiger partial charge on any atom is 0.311 e. The maximum atomic E-state index is 13.6. The number of hydrogen-bond acceptors (Lipinski definition) is 7. The summed E-state index contributed by atoms with van der Waals surface area (Å²) in [6.45, 7) is 0. The van der Waals surface area contributed by atoms with E-state index in [0.29, 0.717) is 40.2 Å². The summed E-state index contributed by atoms with van der Waals surface area (Å²) in [6, 6.07) is 3.11. The van der Waals surface area contributed by atoms with E-state index in [1.807, 2.05) is 0 Å². The number of methoxy groups -OCH3 is 1. The molecule has 3 fully saturated rings. The van der Waals surface area contributed by atoms with E-state index in [1.54, 1.807) is 12.3 Å². The summed E-state index contributed by atoms with van der Waals surface area (Å²) in [6.07, 6.45) is 7.09. The van der Waals surface area contributed by atoms with Crippen LogP contribution >= 0.6 is 0 Å². The summed E-state index contributed by atoms with van der Waals surface area (Å²) >= 11 is 0. The van der Waals surface area contributed by atoms with Crippen molar-refractivity contribution >= 4 is 22.8 Å². The predicted molar refractivity (Wildman–Crippen MR) is 103 cm³/mol. The summed E-state index contributed by atoms with van der Waals surface area (Å²) in [5, 5.41) is 11.0. The van der Waals surface area contributed by atoms with Crippen LogP contribution in [0.25, 0.3) is 22.6 Å². The Labute approximate surface area is 166 Å². The van der Waals surface area contributed by atoms with Crippen molar-refractivity contribution in [2.45, 2.75) is 31.7 Å². The van der Waals surface area contributed by atoms with E-state index < -0.39 is 5.82 Å². The van der Waals surface area contributed by atoms with Crippen LogP contribution in [0.1, 0.15) is 25.7 Å². The summed E-state index contributed by atoms with van der Waals surface area (Å²) in [4.78, 5) is 25.3. The largest absolute Gasteiger partial charge is 0.469 e. The van der Waals surface area contributed by atoms with E-state index in [-0.39, 0.29) is 17.9 Å². The lowest BCUT2D eigenvalue weighted by atomic mass is 9.61. The van der Waals surface area contributed by atoms with Gasteiger partial charge in [0.25, 0.3) is 0 Å². The number of fused-ring (bicyclic) bond motifs is 4. The number of carbonyl (C=O) groups excluding carboxylic acids is 1. The SMILES string of the molecule is COC(=O)[C@H]1C2CCC(CC2)[C@@H]1Nc1ccnc(-c2n[nH]c3ncc(F)cc23)n1. The van der Waals surface area contributed by atoms with Crippen molar-refractivity contribution in [2.75, 3.05) is 12.4 Å². The van der Waals surface area contributed by atoms with Gasteiger partial charge in [-0.05, 0) is 49.7 Å².